The first kappa shape index (κ1) is 15.2. The normalized spacial score (nSPS) is 9.86. The molecule has 0 spiro atoms. The number of aliphatic hydroxyl groups excluding tert-OH is 1. The molecule has 0 fully saturated rings. The van der Waals surface area contributed by atoms with Gasteiger partial charge in [0.2, 0.25) is 0 Å². The number of benzene rings is 1. The van der Waals surface area contributed by atoms with E-state index in [4.69, 9.17) is 5.11 Å². The van der Waals surface area contributed by atoms with E-state index < -0.39 is 17.5 Å². The van der Waals surface area contributed by atoms with Crippen molar-refractivity contribution < 1.29 is 18.7 Å². The third-order valence-electron chi connectivity index (χ3n) is 2.50. The van der Waals surface area contributed by atoms with E-state index in [9.17, 15) is 13.6 Å². The molecule has 2 aromatic rings. The highest BCUT2D eigenvalue weighted by molar-refractivity contribution is 7.12. The highest BCUT2D eigenvalue weighted by Gasteiger charge is 2.09. The lowest BCUT2D eigenvalue weighted by atomic mass is 10.2. The van der Waals surface area contributed by atoms with Gasteiger partial charge in [0.25, 0.3) is 5.91 Å². The zero-order valence-electron chi connectivity index (χ0n) is 10.8. The van der Waals surface area contributed by atoms with Crippen LogP contribution in [0.1, 0.15) is 20.1 Å². The van der Waals surface area contributed by atoms with Gasteiger partial charge in [0, 0.05) is 16.5 Å². The molecule has 0 unspecified atom stereocenters. The van der Waals surface area contributed by atoms with Crippen LogP contribution >= 0.6 is 11.3 Å². The molecular weight excluding hydrogens is 296 g/mol. The average Bonchev–Trinajstić information content (AvgIpc) is 2.89. The van der Waals surface area contributed by atoms with E-state index in [1.807, 2.05) is 0 Å². The molecule has 108 valence electrons. The lowest BCUT2D eigenvalue weighted by Gasteiger charge is -2.04. The monoisotopic (exact) mass is 307 g/mol. The second-order valence-electron chi connectivity index (χ2n) is 4.07. The molecule has 2 N–H and O–H groups in total. The number of hydrogen-bond donors (Lipinski definition) is 2. The van der Waals surface area contributed by atoms with Crippen LogP contribution in [0.25, 0.3) is 0 Å². The quantitative estimate of drug-likeness (QED) is 0.855. The summed E-state index contributed by atoms with van der Waals surface area (Å²) in [7, 11) is 0. The maximum absolute atomic E-state index is 13.0. The number of aliphatic hydroxyl groups is 1. The second kappa shape index (κ2) is 6.97. The van der Waals surface area contributed by atoms with Crippen molar-refractivity contribution >= 4 is 17.2 Å². The van der Waals surface area contributed by atoms with Crippen molar-refractivity contribution in [2.24, 2.45) is 0 Å². The Balaban J connectivity index is 1.99. The van der Waals surface area contributed by atoms with Crippen LogP contribution in [0.4, 0.5) is 8.78 Å². The zero-order valence-corrected chi connectivity index (χ0v) is 11.6. The minimum Gasteiger partial charge on any atom is -0.384 e. The largest absolute Gasteiger partial charge is 0.384 e. The molecule has 3 nitrogen and oxygen atoms in total. The Bertz CT molecular complexity index is 696. The van der Waals surface area contributed by atoms with Crippen molar-refractivity contribution in [3.8, 4) is 11.8 Å². The first-order chi connectivity index (χ1) is 10.1. The number of nitrogens with one attached hydrogen (secondary N) is 1. The number of thiophene rings is 1. The third kappa shape index (κ3) is 4.38. The fraction of sp³-hybridized carbons (Fsp3) is 0.133. The van der Waals surface area contributed by atoms with Gasteiger partial charge in [-0.2, -0.15) is 0 Å². The lowest BCUT2D eigenvalue weighted by molar-refractivity contribution is 0.0950. The summed E-state index contributed by atoms with van der Waals surface area (Å²) >= 11 is 1.37. The predicted octanol–water partition coefficient (Wildman–Crippen LogP) is 2.30. The van der Waals surface area contributed by atoms with Crippen molar-refractivity contribution in [1.82, 2.24) is 5.32 Å². The third-order valence-corrected chi connectivity index (χ3v) is 3.50. The minimum atomic E-state index is -0.794. The molecule has 1 heterocycles. The molecule has 0 aliphatic carbocycles. The fourth-order valence-corrected chi connectivity index (χ4v) is 2.44. The van der Waals surface area contributed by atoms with Gasteiger partial charge in [-0.1, -0.05) is 11.8 Å². The molecular formula is C15H11F2NO2S. The smallest absolute Gasteiger partial charge is 0.251 e. The van der Waals surface area contributed by atoms with Crippen molar-refractivity contribution in [1.29, 1.82) is 0 Å². The number of hydrogen-bond acceptors (Lipinski definition) is 3. The molecule has 1 aromatic heterocycles. The van der Waals surface area contributed by atoms with Gasteiger partial charge in [0.1, 0.15) is 18.2 Å². The summed E-state index contributed by atoms with van der Waals surface area (Å²) in [5.41, 5.74) is -0.0654. The Morgan fingerprint density at radius 3 is 2.62 bits per heavy atom. The second-order valence-corrected chi connectivity index (χ2v) is 5.23. The summed E-state index contributed by atoms with van der Waals surface area (Å²) in [6.07, 6.45) is 0. The lowest BCUT2D eigenvalue weighted by Crippen LogP contribution is -2.22. The Morgan fingerprint density at radius 2 is 1.95 bits per heavy atom. The van der Waals surface area contributed by atoms with Gasteiger partial charge in [-0.25, -0.2) is 8.78 Å². The van der Waals surface area contributed by atoms with E-state index in [-0.39, 0.29) is 18.7 Å². The predicted molar refractivity (Wildman–Crippen MR) is 75.8 cm³/mol. The number of rotatable bonds is 3. The first-order valence-electron chi connectivity index (χ1n) is 6.01. The summed E-state index contributed by atoms with van der Waals surface area (Å²) in [5.74, 6) is 3.14. The van der Waals surface area contributed by atoms with E-state index in [0.717, 1.165) is 21.9 Å². The van der Waals surface area contributed by atoms with Crippen molar-refractivity contribution in [3.05, 3.63) is 57.3 Å². The van der Waals surface area contributed by atoms with Gasteiger partial charge in [-0.05, 0) is 24.3 Å². The Hall–Kier alpha value is -2.23. The molecule has 0 radical (unpaired) electrons. The maximum Gasteiger partial charge on any atom is 0.251 e. The number of amides is 1. The maximum atomic E-state index is 13.0. The minimum absolute atomic E-state index is 0.0654. The molecule has 1 amide bonds. The zero-order chi connectivity index (χ0) is 15.2. The molecule has 0 aliphatic heterocycles. The van der Waals surface area contributed by atoms with E-state index in [0.29, 0.717) is 6.07 Å². The van der Waals surface area contributed by atoms with Gasteiger partial charge in [-0.15, -0.1) is 11.3 Å². The van der Waals surface area contributed by atoms with Crippen molar-refractivity contribution in [3.63, 3.8) is 0 Å². The number of halogens is 2. The van der Waals surface area contributed by atoms with Crippen molar-refractivity contribution in [2.75, 3.05) is 6.61 Å². The average molecular weight is 307 g/mol. The summed E-state index contributed by atoms with van der Waals surface area (Å²) < 4.78 is 26.0. The van der Waals surface area contributed by atoms with Gasteiger partial charge in [-0.3, -0.25) is 4.79 Å². The summed E-state index contributed by atoms with van der Waals surface area (Å²) in [6.45, 7) is 0.0253. The van der Waals surface area contributed by atoms with E-state index >= 15 is 0 Å². The number of carbonyl (C=O) groups excluding carboxylic acids is 1. The fourth-order valence-electron chi connectivity index (χ4n) is 1.62. The van der Waals surface area contributed by atoms with Gasteiger partial charge < -0.3 is 10.4 Å². The van der Waals surface area contributed by atoms with E-state index in [1.54, 1.807) is 12.1 Å². The van der Waals surface area contributed by atoms with Crippen molar-refractivity contribution in [2.45, 2.75) is 6.54 Å². The van der Waals surface area contributed by atoms with Gasteiger partial charge in [0.05, 0.1) is 11.4 Å². The van der Waals surface area contributed by atoms with Gasteiger partial charge in [0.15, 0.2) is 0 Å². The van der Waals surface area contributed by atoms with Crippen LogP contribution in [0, 0.1) is 23.5 Å². The Morgan fingerprint density at radius 1 is 1.24 bits per heavy atom. The highest BCUT2D eigenvalue weighted by Crippen LogP contribution is 2.15. The molecule has 21 heavy (non-hydrogen) atoms. The molecule has 1 aromatic carbocycles. The van der Waals surface area contributed by atoms with Crippen LogP contribution in [-0.4, -0.2) is 17.6 Å². The molecule has 6 heteroatoms. The van der Waals surface area contributed by atoms with Crippen LogP contribution in [0.15, 0.2) is 30.3 Å². The summed E-state index contributed by atoms with van der Waals surface area (Å²) in [5, 5.41) is 11.2. The molecule has 0 atom stereocenters. The highest BCUT2D eigenvalue weighted by atomic mass is 32.1. The summed E-state index contributed by atoms with van der Waals surface area (Å²) in [6, 6.07) is 6.23. The van der Waals surface area contributed by atoms with Crippen LogP contribution in [0.2, 0.25) is 0 Å². The van der Waals surface area contributed by atoms with E-state index in [2.05, 4.69) is 17.2 Å². The standard InChI is InChI=1S/C15H11F2NO2S/c16-11-6-10(7-12(17)8-11)15(20)18-9-14-4-3-13(21-14)2-1-5-19/h3-4,6-8,19H,5,9H2,(H,18,20). The molecule has 0 saturated heterocycles. The molecule has 0 saturated carbocycles. The van der Waals surface area contributed by atoms with E-state index in [1.165, 1.54) is 11.3 Å². The van der Waals surface area contributed by atoms with Crippen LogP contribution in [0.3, 0.4) is 0 Å². The molecule has 0 aliphatic rings. The van der Waals surface area contributed by atoms with Crippen LogP contribution < -0.4 is 5.32 Å². The summed E-state index contributed by atoms with van der Waals surface area (Å²) in [4.78, 5) is 13.4. The Kier molecular flexibility index (Phi) is 5.04. The molecule has 2 rings (SSSR count). The number of carbonyl (C=O) groups is 1. The van der Waals surface area contributed by atoms with Crippen LogP contribution in [0.5, 0.6) is 0 Å². The Labute approximate surface area is 124 Å². The first-order valence-corrected chi connectivity index (χ1v) is 6.83. The van der Waals surface area contributed by atoms with Crippen LogP contribution in [-0.2, 0) is 6.54 Å². The van der Waals surface area contributed by atoms with Gasteiger partial charge >= 0.3 is 0 Å². The topological polar surface area (TPSA) is 49.3 Å². The molecule has 0 bridgehead atoms. The SMILES string of the molecule is O=C(NCc1ccc(C#CCO)s1)c1cc(F)cc(F)c1.